The number of nitrogens with one attached hydrogen (secondary N) is 1. The largest absolute Gasteiger partial charge is 0.493 e. The zero-order valence-corrected chi connectivity index (χ0v) is 19.8. The smallest absolute Gasteiger partial charge is 0.269 e. The SMILES string of the molecule is COc1ccc(CN(C#N)C(=O)c2ccccc2N[C@@H](C)COc2ccc(C#N)cc2)cc1OC. The maximum atomic E-state index is 13.2. The predicted octanol–water partition coefficient (Wildman–Crippen LogP) is 4.58. The first-order valence-corrected chi connectivity index (χ1v) is 10.9. The molecule has 0 saturated heterocycles. The molecule has 0 bridgehead atoms. The zero-order chi connectivity index (χ0) is 25.2. The van der Waals surface area contributed by atoms with Crippen molar-refractivity contribution < 1.29 is 19.0 Å². The highest BCUT2D eigenvalue weighted by atomic mass is 16.5. The van der Waals surface area contributed by atoms with E-state index in [2.05, 4.69) is 11.4 Å². The molecule has 8 heteroatoms. The lowest BCUT2D eigenvalue weighted by Crippen LogP contribution is -2.29. The minimum atomic E-state index is -0.425. The van der Waals surface area contributed by atoms with Crippen LogP contribution in [-0.4, -0.2) is 37.7 Å². The van der Waals surface area contributed by atoms with E-state index in [1.54, 1.807) is 67.8 Å². The van der Waals surface area contributed by atoms with E-state index in [0.717, 1.165) is 10.5 Å². The van der Waals surface area contributed by atoms with Crippen molar-refractivity contribution >= 4 is 11.6 Å². The van der Waals surface area contributed by atoms with Crippen LogP contribution < -0.4 is 19.5 Å². The highest BCUT2D eigenvalue weighted by Gasteiger charge is 2.20. The first-order valence-electron chi connectivity index (χ1n) is 10.9. The van der Waals surface area contributed by atoms with Gasteiger partial charge in [-0.15, -0.1) is 0 Å². The summed E-state index contributed by atoms with van der Waals surface area (Å²) in [6, 6.07) is 21.1. The van der Waals surface area contributed by atoms with Gasteiger partial charge in [-0.2, -0.15) is 10.5 Å². The van der Waals surface area contributed by atoms with E-state index < -0.39 is 5.91 Å². The molecule has 0 aromatic heterocycles. The number of nitrogens with zero attached hydrogens (tertiary/aromatic N) is 3. The second-order valence-electron chi connectivity index (χ2n) is 7.72. The molecule has 0 spiro atoms. The van der Waals surface area contributed by atoms with Gasteiger partial charge in [0, 0.05) is 5.69 Å². The van der Waals surface area contributed by atoms with Gasteiger partial charge in [-0.25, -0.2) is 4.90 Å². The summed E-state index contributed by atoms with van der Waals surface area (Å²) in [5.74, 6) is 1.31. The van der Waals surface area contributed by atoms with Crippen LogP contribution in [0.5, 0.6) is 17.2 Å². The minimum Gasteiger partial charge on any atom is -0.493 e. The second kappa shape index (κ2) is 12.0. The third-order valence-electron chi connectivity index (χ3n) is 5.20. The maximum Gasteiger partial charge on any atom is 0.269 e. The topological polar surface area (TPSA) is 108 Å². The Bertz CT molecular complexity index is 1250. The van der Waals surface area contributed by atoms with E-state index in [1.165, 1.54) is 7.11 Å². The standard InChI is InChI=1S/C27H26N4O4/c1-19(17-35-22-11-8-20(15-28)9-12-22)30-24-7-5-4-6-23(24)27(32)31(18-29)16-21-10-13-25(33-2)26(14-21)34-3/h4-14,19,30H,16-17H2,1-3H3/t19-/m0/s1. The molecule has 0 aliphatic rings. The Balaban J connectivity index is 1.69. The lowest BCUT2D eigenvalue weighted by molar-refractivity contribution is 0.0825. The number of methoxy groups -OCH3 is 2. The lowest BCUT2D eigenvalue weighted by Gasteiger charge is -2.20. The Hall–Kier alpha value is -4.69. The van der Waals surface area contributed by atoms with Crippen LogP contribution >= 0.6 is 0 Å². The molecule has 0 heterocycles. The molecule has 1 N–H and O–H groups in total. The van der Waals surface area contributed by atoms with Gasteiger partial charge in [-0.3, -0.25) is 4.79 Å². The van der Waals surface area contributed by atoms with Gasteiger partial charge >= 0.3 is 0 Å². The quantitative estimate of drug-likeness (QED) is 0.341. The second-order valence-corrected chi connectivity index (χ2v) is 7.72. The fourth-order valence-electron chi connectivity index (χ4n) is 3.41. The van der Waals surface area contributed by atoms with Crippen molar-refractivity contribution in [1.82, 2.24) is 4.90 Å². The number of amides is 1. The van der Waals surface area contributed by atoms with Crippen LogP contribution in [0.1, 0.15) is 28.4 Å². The van der Waals surface area contributed by atoms with Crippen molar-refractivity contribution in [2.24, 2.45) is 0 Å². The fraction of sp³-hybridized carbons (Fsp3) is 0.222. The first-order chi connectivity index (χ1) is 17.0. The monoisotopic (exact) mass is 470 g/mol. The highest BCUT2D eigenvalue weighted by molar-refractivity contribution is 6.00. The van der Waals surface area contributed by atoms with Gasteiger partial charge in [0.15, 0.2) is 17.7 Å². The van der Waals surface area contributed by atoms with Gasteiger partial charge < -0.3 is 19.5 Å². The first kappa shape index (κ1) is 24.9. The van der Waals surface area contributed by atoms with E-state index in [1.807, 2.05) is 19.2 Å². The van der Waals surface area contributed by atoms with E-state index in [0.29, 0.717) is 40.7 Å². The molecular weight excluding hydrogens is 444 g/mol. The predicted molar refractivity (Wildman–Crippen MR) is 131 cm³/mol. The van der Waals surface area contributed by atoms with E-state index >= 15 is 0 Å². The van der Waals surface area contributed by atoms with Crippen LogP contribution in [0, 0.1) is 22.8 Å². The Morgan fingerprint density at radius 1 is 1.00 bits per heavy atom. The summed E-state index contributed by atoms with van der Waals surface area (Å²) < 4.78 is 16.4. The average molecular weight is 471 g/mol. The molecule has 35 heavy (non-hydrogen) atoms. The van der Waals surface area contributed by atoms with Crippen LogP contribution in [0.4, 0.5) is 5.69 Å². The molecule has 0 unspecified atom stereocenters. The maximum absolute atomic E-state index is 13.2. The minimum absolute atomic E-state index is 0.0847. The summed E-state index contributed by atoms with van der Waals surface area (Å²) >= 11 is 0. The number of hydrogen-bond acceptors (Lipinski definition) is 7. The number of benzene rings is 3. The molecule has 3 rings (SSSR count). The summed E-state index contributed by atoms with van der Waals surface area (Å²) in [6.45, 7) is 2.35. The summed E-state index contributed by atoms with van der Waals surface area (Å²) in [5, 5.41) is 21.9. The molecule has 0 saturated carbocycles. The van der Waals surface area contributed by atoms with Gasteiger partial charge in [0.2, 0.25) is 0 Å². The Morgan fingerprint density at radius 2 is 1.71 bits per heavy atom. The number of para-hydroxylation sites is 1. The van der Waals surface area contributed by atoms with Gasteiger partial charge in [0.05, 0.1) is 44.0 Å². The van der Waals surface area contributed by atoms with Crippen LogP contribution in [-0.2, 0) is 6.54 Å². The van der Waals surface area contributed by atoms with Crippen molar-refractivity contribution in [3.63, 3.8) is 0 Å². The Morgan fingerprint density at radius 3 is 2.37 bits per heavy atom. The van der Waals surface area contributed by atoms with Crippen molar-refractivity contribution in [1.29, 1.82) is 10.5 Å². The number of carbonyl (C=O) groups excluding carboxylic acids is 1. The molecule has 3 aromatic rings. The van der Waals surface area contributed by atoms with Crippen LogP contribution in [0.15, 0.2) is 66.7 Å². The molecule has 1 amide bonds. The highest BCUT2D eigenvalue weighted by Crippen LogP contribution is 2.28. The van der Waals surface area contributed by atoms with Crippen molar-refractivity contribution in [2.45, 2.75) is 19.5 Å². The van der Waals surface area contributed by atoms with Gasteiger partial charge in [0.25, 0.3) is 5.91 Å². The van der Waals surface area contributed by atoms with Crippen molar-refractivity contribution in [3.8, 4) is 29.5 Å². The number of carbonyl (C=O) groups is 1. The summed E-state index contributed by atoms with van der Waals surface area (Å²) in [5.41, 5.74) is 2.26. The van der Waals surface area contributed by atoms with Gasteiger partial charge in [-0.05, 0) is 61.0 Å². The lowest BCUT2D eigenvalue weighted by atomic mass is 10.1. The number of anilines is 1. The molecule has 3 aromatic carbocycles. The van der Waals surface area contributed by atoms with Gasteiger partial charge in [0.1, 0.15) is 12.4 Å². The molecule has 0 aliphatic carbocycles. The van der Waals surface area contributed by atoms with Crippen LogP contribution in [0.2, 0.25) is 0 Å². The normalized spacial score (nSPS) is 10.9. The molecular formula is C27H26N4O4. The van der Waals surface area contributed by atoms with Crippen molar-refractivity contribution in [2.75, 3.05) is 26.1 Å². The third-order valence-corrected chi connectivity index (χ3v) is 5.20. The fourth-order valence-corrected chi connectivity index (χ4v) is 3.41. The summed E-state index contributed by atoms with van der Waals surface area (Å²) in [4.78, 5) is 14.3. The summed E-state index contributed by atoms with van der Waals surface area (Å²) in [7, 11) is 3.08. The molecule has 0 fully saturated rings. The summed E-state index contributed by atoms with van der Waals surface area (Å²) in [6.07, 6.45) is 1.99. The Kier molecular flexibility index (Phi) is 8.53. The van der Waals surface area contributed by atoms with Gasteiger partial charge in [-0.1, -0.05) is 18.2 Å². The molecule has 178 valence electrons. The Labute approximate surface area is 204 Å². The third kappa shape index (κ3) is 6.43. The number of hydrogen-bond donors (Lipinski definition) is 1. The number of nitriles is 2. The number of rotatable bonds is 10. The van der Waals surface area contributed by atoms with Crippen LogP contribution in [0.3, 0.4) is 0 Å². The van der Waals surface area contributed by atoms with E-state index in [4.69, 9.17) is 19.5 Å². The molecule has 1 atom stereocenters. The average Bonchev–Trinajstić information content (AvgIpc) is 2.90. The van der Waals surface area contributed by atoms with E-state index in [9.17, 15) is 10.1 Å². The molecule has 8 nitrogen and oxygen atoms in total. The molecule has 0 radical (unpaired) electrons. The number of ether oxygens (including phenoxy) is 3. The van der Waals surface area contributed by atoms with Crippen LogP contribution in [0.25, 0.3) is 0 Å². The molecule has 0 aliphatic heterocycles. The van der Waals surface area contributed by atoms with E-state index in [-0.39, 0.29) is 12.6 Å². The van der Waals surface area contributed by atoms with Crippen molar-refractivity contribution in [3.05, 3.63) is 83.4 Å². The zero-order valence-electron chi connectivity index (χ0n) is 19.8.